The average molecular weight is 346 g/mol. The van der Waals surface area contributed by atoms with Crippen LogP contribution in [0, 0.1) is 5.92 Å². The molecule has 2 N–H and O–H groups in total. The number of nitrogens with one attached hydrogen (secondary N) is 2. The SMILES string of the molecule is COc1ccc([C@@H](C)NC[C@H](C)Cc2cccs2)cc1NC(C)=O. The summed E-state index contributed by atoms with van der Waals surface area (Å²) >= 11 is 1.81. The van der Waals surface area contributed by atoms with Gasteiger partial charge in [-0.05, 0) is 54.9 Å². The molecule has 5 heteroatoms. The molecule has 2 rings (SSSR count). The van der Waals surface area contributed by atoms with Crippen LogP contribution in [0.5, 0.6) is 5.75 Å². The summed E-state index contributed by atoms with van der Waals surface area (Å²) in [6, 6.07) is 10.4. The predicted octanol–water partition coefficient (Wildman–Crippen LogP) is 4.24. The van der Waals surface area contributed by atoms with Crippen molar-refractivity contribution in [3.05, 3.63) is 46.2 Å². The van der Waals surface area contributed by atoms with Gasteiger partial charge in [0.25, 0.3) is 0 Å². The first kappa shape index (κ1) is 18.5. The molecule has 0 aliphatic carbocycles. The lowest BCUT2D eigenvalue weighted by Gasteiger charge is -2.19. The van der Waals surface area contributed by atoms with Gasteiger partial charge in [-0.3, -0.25) is 4.79 Å². The van der Waals surface area contributed by atoms with Gasteiger partial charge in [-0.15, -0.1) is 11.3 Å². The van der Waals surface area contributed by atoms with Crippen LogP contribution in [0.4, 0.5) is 5.69 Å². The van der Waals surface area contributed by atoms with Gasteiger partial charge in [0.05, 0.1) is 12.8 Å². The highest BCUT2D eigenvalue weighted by atomic mass is 32.1. The summed E-state index contributed by atoms with van der Waals surface area (Å²) in [6.07, 6.45) is 1.09. The van der Waals surface area contributed by atoms with Crippen molar-refractivity contribution in [2.75, 3.05) is 19.0 Å². The van der Waals surface area contributed by atoms with E-state index in [1.807, 2.05) is 29.5 Å². The monoisotopic (exact) mass is 346 g/mol. The zero-order chi connectivity index (χ0) is 17.5. The zero-order valence-electron chi connectivity index (χ0n) is 14.8. The van der Waals surface area contributed by atoms with Crippen LogP contribution in [-0.4, -0.2) is 19.6 Å². The largest absolute Gasteiger partial charge is 0.495 e. The highest BCUT2D eigenvalue weighted by molar-refractivity contribution is 7.09. The standard InChI is InChI=1S/C19H26N2O2S/c1-13(10-17-6-5-9-24-17)12-20-14(2)16-7-8-19(23-4)18(11-16)21-15(3)22/h5-9,11,13-14,20H,10,12H2,1-4H3,(H,21,22)/t13-,14-/m1/s1. The van der Waals surface area contributed by atoms with Crippen molar-refractivity contribution >= 4 is 22.9 Å². The Hall–Kier alpha value is -1.85. The van der Waals surface area contributed by atoms with Crippen molar-refractivity contribution in [2.24, 2.45) is 5.92 Å². The number of ether oxygens (including phenoxy) is 1. The number of hydrogen-bond acceptors (Lipinski definition) is 4. The molecule has 0 aliphatic heterocycles. The van der Waals surface area contributed by atoms with E-state index >= 15 is 0 Å². The molecule has 0 saturated carbocycles. The molecule has 24 heavy (non-hydrogen) atoms. The van der Waals surface area contributed by atoms with E-state index in [1.54, 1.807) is 7.11 Å². The van der Waals surface area contributed by atoms with Gasteiger partial charge < -0.3 is 15.4 Å². The normalized spacial score (nSPS) is 13.3. The second-order valence-corrected chi connectivity index (χ2v) is 7.19. The third kappa shape index (κ3) is 5.35. The summed E-state index contributed by atoms with van der Waals surface area (Å²) in [5.41, 5.74) is 1.84. The number of anilines is 1. The van der Waals surface area contributed by atoms with Crippen molar-refractivity contribution in [1.29, 1.82) is 0 Å². The molecule has 2 aromatic rings. The minimum atomic E-state index is -0.101. The molecule has 1 aromatic heterocycles. The second kappa shape index (κ2) is 8.85. The van der Waals surface area contributed by atoms with E-state index in [2.05, 4.69) is 42.0 Å². The fourth-order valence-electron chi connectivity index (χ4n) is 2.62. The summed E-state index contributed by atoms with van der Waals surface area (Å²) < 4.78 is 5.30. The molecular weight excluding hydrogens is 320 g/mol. The molecule has 0 saturated heterocycles. The summed E-state index contributed by atoms with van der Waals surface area (Å²) in [6.45, 7) is 6.84. The Morgan fingerprint density at radius 2 is 2.08 bits per heavy atom. The van der Waals surface area contributed by atoms with E-state index in [1.165, 1.54) is 11.8 Å². The van der Waals surface area contributed by atoms with Crippen molar-refractivity contribution in [2.45, 2.75) is 33.2 Å². The molecule has 1 heterocycles. The lowest BCUT2D eigenvalue weighted by atomic mass is 10.0. The molecule has 0 fully saturated rings. The molecule has 130 valence electrons. The highest BCUT2D eigenvalue weighted by Gasteiger charge is 2.12. The van der Waals surface area contributed by atoms with Gasteiger partial charge in [-0.25, -0.2) is 0 Å². The van der Waals surface area contributed by atoms with Crippen molar-refractivity contribution in [3.8, 4) is 5.75 Å². The Labute approximate surface area is 148 Å². The van der Waals surface area contributed by atoms with Crippen LogP contribution in [0.2, 0.25) is 0 Å². The van der Waals surface area contributed by atoms with E-state index in [9.17, 15) is 4.79 Å². The van der Waals surface area contributed by atoms with Gasteiger partial charge in [0.2, 0.25) is 5.91 Å². The fraction of sp³-hybridized carbons (Fsp3) is 0.421. The maximum absolute atomic E-state index is 11.3. The maximum Gasteiger partial charge on any atom is 0.221 e. The van der Waals surface area contributed by atoms with Crippen molar-refractivity contribution in [1.82, 2.24) is 5.32 Å². The van der Waals surface area contributed by atoms with Gasteiger partial charge in [-0.2, -0.15) is 0 Å². The minimum Gasteiger partial charge on any atom is -0.495 e. The lowest BCUT2D eigenvalue weighted by Crippen LogP contribution is -2.25. The molecule has 0 spiro atoms. The van der Waals surface area contributed by atoms with E-state index in [-0.39, 0.29) is 11.9 Å². The first-order valence-electron chi connectivity index (χ1n) is 8.21. The van der Waals surface area contributed by atoms with Crippen LogP contribution in [0.1, 0.15) is 37.3 Å². The van der Waals surface area contributed by atoms with Crippen LogP contribution >= 0.6 is 11.3 Å². The Kier molecular flexibility index (Phi) is 6.82. The van der Waals surface area contributed by atoms with E-state index < -0.39 is 0 Å². The number of carbonyl (C=O) groups excluding carboxylic acids is 1. The lowest BCUT2D eigenvalue weighted by molar-refractivity contribution is -0.114. The topological polar surface area (TPSA) is 50.4 Å². The smallest absolute Gasteiger partial charge is 0.221 e. The zero-order valence-corrected chi connectivity index (χ0v) is 15.6. The van der Waals surface area contributed by atoms with Crippen LogP contribution in [0.25, 0.3) is 0 Å². The van der Waals surface area contributed by atoms with Crippen molar-refractivity contribution in [3.63, 3.8) is 0 Å². The summed E-state index contributed by atoms with van der Waals surface area (Å²) in [4.78, 5) is 12.8. The van der Waals surface area contributed by atoms with Crippen LogP contribution in [0.15, 0.2) is 35.7 Å². The number of amides is 1. The Balaban J connectivity index is 1.95. The number of methoxy groups -OCH3 is 1. The quantitative estimate of drug-likeness (QED) is 0.751. The molecule has 0 bridgehead atoms. The molecule has 1 aromatic carbocycles. The summed E-state index contributed by atoms with van der Waals surface area (Å²) in [7, 11) is 1.61. The minimum absolute atomic E-state index is 0.101. The number of rotatable bonds is 8. The van der Waals surface area contributed by atoms with Gasteiger partial charge >= 0.3 is 0 Å². The molecule has 0 unspecified atom stereocenters. The first-order valence-corrected chi connectivity index (χ1v) is 9.09. The number of carbonyl (C=O) groups is 1. The number of benzene rings is 1. The Morgan fingerprint density at radius 3 is 2.71 bits per heavy atom. The van der Waals surface area contributed by atoms with Crippen LogP contribution in [-0.2, 0) is 11.2 Å². The number of thiophene rings is 1. The third-order valence-electron chi connectivity index (χ3n) is 3.94. The average Bonchev–Trinajstić information content (AvgIpc) is 3.05. The van der Waals surface area contributed by atoms with E-state index in [0.29, 0.717) is 17.4 Å². The van der Waals surface area contributed by atoms with Gasteiger partial charge in [0.1, 0.15) is 5.75 Å². The van der Waals surface area contributed by atoms with Gasteiger partial charge in [0.15, 0.2) is 0 Å². The predicted molar refractivity (Wildman–Crippen MR) is 101 cm³/mol. The summed E-state index contributed by atoms with van der Waals surface area (Å²) in [5.74, 6) is 1.14. The van der Waals surface area contributed by atoms with E-state index in [0.717, 1.165) is 18.5 Å². The molecule has 0 aliphatic rings. The van der Waals surface area contributed by atoms with Crippen LogP contribution < -0.4 is 15.4 Å². The Morgan fingerprint density at radius 1 is 1.29 bits per heavy atom. The van der Waals surface area contributed by atoms with E-state index in [4.69, 9.17) is 4.74 Å². The first-order chi connectivity index (χ1) is 11.5. The van der Waals surface area contributed by atoms with Gasteiger partial charge in [0, 0.05) is 17.8 Å². The molecular formula is C19H26N2O2S. The van der Waals surface area contributed by atoms with Crippen molar-refractivity contribution < 1.29 is 9.53 Å². The number of hydrogen-bond donors (Lipinski definition) is 2. The molecule has 4 nitrogen and oxygen atoms in total. The summed E-state index contributed by atoms with van der Waals surface area (Å²) in [5, 5.41) is 8.53. The molecule has 1 amide bonds. The second-order valence-electron chi connectivity index (χ2n) is 6.16. The highest BCUT2D eigenvalue weighted by Crippen LogP contribution is 2.28. The molecule has 0 radical (unpaired) electrons. The van der Waals surface area contributed by atoms with Crippen LogP contribution in [0.3, 0.4) is 0 Å². The maximum atomic E-state index is 11.3. The molecule has 2 atom stereocenters. The fourth-order valence-corrected chi connectivity index (χ4v) is 3.49. The third-order valence-corrected chi connectivity index (χ3v) is 4.84. The van der Waals surface area contributed by atoms with Gasteiger partial charge in [-0.1, -0.05) is 19.1 Å². The Bertz CT molecular complexity index is 655.